The molecule has 1 aromatic heterocycles. The third kappa shape index (κ3) is 2.72. The van der Waals surface area contributed by atoms with Gasteiger partial charge in [-0.1, -0.05) is 42.5 Å². The van der Waals surface area contributed by atoms with Gasteiger partial charge in [0.15, 0.2) is 0 Å². The molecular formula is C17H14F3N3. The van der Waals surface area contributed by atoms with Crippen molar-refractivity contribution in [3.63, 3.8) is 0 Å². The second kappa shape index (κ2) is 5.53. The largest absolute Gasteiger partial charge is 0.416 e. The van der Waals surface area contributed by atoms with E-state index >= 15 is 0 Å². The predicted octanol–water partition coefficient (Wildman–Crippen LogP) is 4.11. The quantitative estimate of drug-likeness (QED) is 0.728. The first-order valence-corrected chi connectivity index (χ1v) is 7.01. The molecular weight excluding hydrogens is 303 g/mol. The second-order valence-electron chi connectivity index (χ2n) is 5.36. The number of alkyl halides is 3. The Hall–Kier alpha value is -2.63. The lowest BCUT2D eigenvalue weighted by molar-refractivity contribution is -0.137. The van der Waals surface area contributed by atoms with Gasteiger partial charge in [-0.15, -0.1) is 0 Å². The Balaban J connectivity index is 2.22. The summed E-state index contributed by atoms with van der Waals surface area (Å²) in [6.07, 6.45) is -1.52. The van der Waals surface area contributed by atoms with Crippen LogP contribution in [0.4, 0.5) is 13.2 Å². The number of aromatic nitrogens is 3. The Kier molecular flexibility index (Phi) is 3.67. The highest BCUT2D eigenvalue weighted by Gasteiger charge is 2.36. The Morgan fingerprint density at radius 2 is 1.52 bits per heavy atom. The highest BCUT2D eigenvalue weighted by molar-refractivity contribution is 5.40. The van der Waals surface area contributed by atoms with Crippen molar-refractivity contribution in [2.24, 2.45) is 0 Å². The van der Waals surface area contributed by atoms with E-state index in [1.807, 2.05) is 37.3 Å². The van der Waals surface area contributed by atoms with E-state index in [4.69, 9.17) is 0 Å². The number of nitrogens with zero attached hydrogens (tertiary/aromatic N) is 3. The molecule has 0 bridgehead atoms. The van der Waals surface area contributed by atoms with E-state index < -0.39 is 17.3 Å². The van der Waals surface area contributed by atoms with Crippen LogP contribution in [0.3, 0.4) is 0 Å². The average molecular weight is 317 g/mol. The van der Waals surface area contributed by atoms with Crippen LogP contribution in [0, 0.1) is 0 Å². The minimum atomic E-state index is -4.39. The van der Waals surface area contributed by atoms with Gasteiger partial charge in [-0.05, 0) is 30.2 Å². The number of hydrogen-bond donors (Lipinski definition) is 0. The van der Waals surface area contributed by atoms with Crippen LogP contribution < -0.4 is 0 Å². The van der Waals surface area contributed by atoms with Gasteiger partial charge in [0.1, 0.15) is 18.2 Å². The maximum atomic E-state index is 13.1. The summed E-state index contributed by atoms with van der Waals surface area (Å²) in [6.45, 7) is 1.83. The van der Waals surface area contributed by atoms with E-state index in [-0.39, 0.29) is 0 Å². The molecule has 1 atom stereocenters. The number of hydrogen-bond acceptors (Lipinski definition) is 2. The molecule has 0 aliphatic rings. The molecule has 3 nitrogen and oxygen atoms in total. The molecule has 118 valence electrons. The van der Waals surface area contributed by atoms with Crippen LogP contribution in [-0.2, 0) is 11.7 Å². The monoisotopic (exact) mass is 317 g/mol. The molecule has 0 N–H and O–H groups in total. The molecule has 3 rings (SSSR count). The summed E-state index contributed by atoms with van der Waals surface area (Å²) in [5.74, 6) is 0. The van der Waals surface area contributed by atoms with Crippen LogP contribution in [0.5, 0.6) is 0 Å². The van der Waals surface area contributed by atoms with Crippen LogP contribution in [0.2, 0.25) is 0 Å². The highest BCUT2D eigenvalue weighted by Crippen LogP contribution is 2.36. The maximum Gasteiger partial charge on any atom is 0.416 e. The normalized spacial score (nSPS) is 14.4. The van der Waals surface area contributed by atoms with Gasteiger partial charge in [-0.2, -0.15) is 18.3 Å². The van der Waals surface area contributed by atoms with E-state index in [1.54, 1.807) is 10.7 Å². The second-order valence-corrected chi connectivity index (χ2v) is 5.36. The van der Waals surface area contributed by atoms with Gasteiger partial charge in [0.25, 0.3) is 0 Å². The summed E-state index contributed by atoms with van der Waals surface area (Å²) in [6, 6.07) is 14.6. The van der Waals surface area contributed by atoms with Gasteiger partial charge in [-0.3, -0.25) is 0 Å². The van der Waals surface area contributed by atoms with Crippen LogP contribution >= 0.6 is 0 Å². The lowest BCUT2D eigenvalue weighted by Gasteiger charge is -2.31. The Morgan fingerprint density at radius 1 is 0.870 bits per heavy atom. The van der Waals surface area contributed by atoms with Gasteiger partial charge in [0.2, 0.25) is 0 Å². The van der Waals surface area contributed by atoms with Crippen LogP contribution in [0.25, 0.3) is 0 Å². The van der Waals surface area contributed by atoms with Crippen LogP contribution in [0.1, 0.15) is 23.6 Å². The SMILES string of the molecule is CC(c1ccccc1)(c1cccc(C(F)(F)F)c1)n1cncn1. The average Bonchev–Trinajstić information content (AvgIpc) is 3.09. The minimum Gasteiger partial charge on any atom is -0.238 e. The van der Waals surface area contributed by atoms with Crippen molar-refractivity contribution in [1.29, 1.82) is 0 Å². The van der Waals surface area contributed by atoms with Crippen LogP contribution in [-0.4, -0.2) is 14.8 Å². The zero-order chi connectivity index (χ0) is 16.5. The summed E-state index contributed by atoms with van der Waals surface area (Å²) in [4.78, 5) is 3.94. The fraction of sp³-hybridized carbons (Fsp3) is 0.176. The predicted molar refractivity (Wildman–Crippen MR) is 79.8 cm³/mol. The van der Waals surface area contributed by atoms with Gasteiger partial charge >= 0.3 is 6.18 Å². The Labute approximate surface area is 131 Å². The van der Waals surface area contributed by atoms with Gasteiger partial charge in [-0.25, -0.2) is 9.67 Å². The Bertz CT molecular complexity index is 782. The van der Waals surface area contributed by atoms with Crippen molar-refractivity contribution >= 4 is 0 Å². The standard InChI is InChI=1S/C17H14F3N3/c1-16(23-12-21-11-22-23,13-6-3-2-4-7-13)14-8-5-9-15(10-14)17(18,19)20/h2-12H,1H3. The summed E-state index contributed by atoms with van der Waals surface area (Å²) in [5, 5.41) is 4.16. The maximum absolute atomic E-state index is 13.1. The third-order valence-electron chi connectivity index (χ3n) is 3.96. The van der Waals surface area contributed by atoms with E-state index in [0.29, 0.717) is 5.56 Å². The number of rotatable bonds is 3. The first-order chi connectivity index (χ1) is 10.9. The van der Waals surface area contributed by atoms with Gasteiger partial charge in [0.05, 0.1) is 5.56 Å². The first-order valence-electron chi connectivity index (χ1n) is 7.01. The highest BCUT2D eigenvalue weighted by atomic mass is 19.4. The molecule has 1 unspecified atom stereocenters. The molecule has 0 fully saturated rings. The first kappa shape index (κ1) is 15.3. The fourth-order valence-corrected chi connectivity index (χ4v) is 2.63. The molecule has 6 heteroatoms. The van der Waals surface area contributed by atoms with Crippen molar-refractivity contribution < 1.29 is 13.2 Å². The van der Waals surface area contributed by atoms with Crippen molar-refractivity contribution in [3.8, 4) is 0 Å². The molecule has 3 aromatic rings. The lowest BCUT2D eigenvalue weighted by Crippen LogP contribution is -2.33. The molecule has 1 heterocycles. The molecule has 0 aliphatic heterocycles. The fourth-order valence-electron chi connectivity index (χ4n) is 2.63. The van der Waals surface area contributed by atoms with E-state index in [2.05, 4.69) is 10.1 Å². The number of benzene rings is 2. The molecule has 0 saturated heterocycles. The van der Waals surface area contributed by atoms with Gasteiger partial charge in [0, 0.05) is 0 Å². The lowest BCUT2D eigenvalue weighted by atomic mass is 9.84. The smallest absolute Gasteiger partial charge is 0.238 e. The summed E-state index contributed by atoms with van der Waals surface area (Å²) in [7, 11) is 0. The molecule has 23 heavy (non-hydrogen) atoms. The van der Waals surface area contributed by atoms with Crippen molar-refractivity contribution in [3.05, 3.63) is 83.9 Å². The van der Waals surface area contributed by atoms with E-state index in [0.717, 1.165) is 17.7 Å². The summed E-state index contributed by atoms with van der Waals surface area (Å²) >= 11 is 0. The summed E-state index contributed by atoms with van der Waals surface area (Å²) in [5.41, 5.74) is -0.259. The number of halogens is 3. The van der Waals surface area contributed by atoms with E-state index in [9.17, 15) is 13.2 Å². The minimum absolute atomic E-state index is 0.490. The van der Waals surface area contributed by atoms with E-state index in [1.165, 1.54) is 18.7 Å². The zero-order valence-electron chi connectivity index (χ0n) is 12.3. The van der Waals surface area contributed by atoms with Crippen molar-refractivity contribution in [1.82, 2.24) is 14.8 Å². The molecule has 0 saturated carbocycles. The molecule has 0 radical (unpaired) electrons. The van der Waals surface area contributed by atoms with Crippen LogP contribution in [0.15, 0.2) is 67.3 Å². The third-order valence-corrected chi connectivity index (χ3v) is 3.96. The zero-order valence-corrected chi connectivity index (χ0v) is 12.3. The molecule has 0 amide bonds. The van der Waals surface area contributed by atoms with Gasteiger partial charge < -0.3 is 0 Å². The molecule has 0 spiro atoms. The van der Waals surface area contributed by atoms with Crippen molar-refractivity contribution in [2.45, 2.75) is 18.6 Å². The summed E-state index contributed by atoms with van der Waals surface area (Å²) < 4.78 is 40.8. The molecule has 2 aromatic carbocycles. The van der Waals surface area contributed by atoms with Crippen molar-refractivity contribution in [2.75, 3.05) is 0 Å². The Morgan fingerprint density at radius 3 is 2.13 bits per heavy atom. The topological polar surface area (TPSA) is 30.7 Å². The molecule has 0 aliphatic carbocycles.